The predicted octanol–water partition coefficient (Wildman–Crippen LogP) is 6.40. The van der Waals surface area contributed by atoms with Crippen LogP contribution in [0, 0.1) is 11.3 Å². The minimum Gasteiger partial charge on any atom is -0.143 e. The van der Waals surface area contributed by atoms with Gasteiger partial charge in [0.2, 0.25) is 0 Å². The zero-order valence-corrected chi connectivity index (χ0v) is 13.2. The van der Waals surface area contributed by atoms with Gasteiger partial charge in [-0.25, -0.2) is 0 Å². The number of benzene rings is 1. The van der Waals surface area contributed by atoms with Crippen molar-refractivity contribution in [2.75, 3.05) is 0 Å². The average molecular weight is 293 g/mol. The van der Waals surface area contributed by atoms with E-state index in [4.69, 9.17) is 11.6 Å². The molecule has 1 aromatic heterocycles. The van der Waals surface area contributed by atoms with Crippen molar-refractivity contribution in [1.82, 2.24) is 0 Å². The smallest absolute Gasteiger partial charge is 0.0632 e. The van der Waals surface area contributed by atoms with Crippen LogP contribution in [0.25, 0.3) is 10.1 Å². The minimum absolute atomic E-state index is 0.159. The third-order valence-corrected chi connectivity index (χ3v) is 6.27. The highest BCUT2D eigenvalue weighted by Gasteiger charge is 2.38. The molecule has 2 atom stereocenters. The molecular weight excluding hydrogens is 272 g/mol. The van der Waals surface area contributed by atoms with Crippen LogP contribution in [0.4, 0.5) is 0 Å². The summed E-state index contributed by atoms with van der Waals surface area (Å²) in [5, 5.41) is 3.79. The maximum atomic E-state index is 6.90. The lowest BCUT2D eigenvalue weighted by molar-refractivity contribution is 0.133. The summed E-state index contributed by atoms with van der Waals surface area (Å²) in [4.78, 5) is 0. The van der Waals surface area contributed by atoms with Crippen LogP contribution in [-0.2, 0) is 0 Å². The van der Waals surface area contributed by atoms with Gasteiger partial charge in [0.15, 0.2) is 0 Å². The first-order chi connectivity index (χ1) is 9.09. The SMILES string of the molecule is CC1(C)CCCCC1C(Cl)c1csc2ccccc12. The molecule has 0 N–H and O–H groups in total. The summed E-state index contributed by atoms with van der Waals surface area (Å²) in [6, 6.07) is 8.63. The fraction of sp³-hybridized carbons (Fsp3) is 0.529. The van der Waals surface area contributed by atoms with E-state index in [-0.39, 0.29) is 5.38 Å². The summed E-state index contributed by atoms with van der Waals surface area (Å²) in [7, 11) is 0. The lowest BCUT2D eigenvalue weighted by Crippen LogP contribution is -2.30. The highest BCUT2D eigenvalue weighted by atomic mass is 35.5. The van der Waals surface area contributed by atoms with Crippen molar-refractivity contribution in [3.63, 3.8) is 0 Å². The Morgan fingerprint density at radius 3 is 2.84 bits per heavy atom. The van der Waals surface area contributed by atoms with E-state index in [0.29, 0.717) is 11.3 Å². The van der Waals surface area contributed by atoms with E-state index in [9.17, 15) is 0 Å². The Morgan fingerprint density at radius 2 is 2.05 bits per heavy atom. The van der Waals surface area contributed by atoms with E-state index in [1.165, 1.54) is 41.3 Å². The molecule has 0 saturated heterocycles. The Balaban J connectivity index is 1.97. The topological polar surface area (TPSA) is 0 Å². The van der Waals surface area contributed by atoms with Crippen LogP contribution in [0.5, 0.6) is 0 Å². The van der Waals surface area contributed by atoms with E-state index in [1.807, 2.05) is 11.3 Å². The quantitative estimate of drug-likeness (QED) is 0.562. The van der Waals surface area contributed by atoms with Crippen molar-refractivity contribution in [3.05, 3.63) is 35.2 Å². The third-order valence-electron chi connectivity index (χ3n) is 4.75. The summed E-state index contributed by atoms with van der Waals surface area (Å²) >= 11 is 8.72. The summed E-state index contributed by atoms with van der Waals surface area (Å²) in [5.74, 6) is 0.598. The maximum absolute atomic E-state index is 6.90. The second kappa shape index (κ2) is 5.10. The number of halogens is 1. The van der Waals surface area contributed by atoms with Crippen molar-refractivity contribution < 1.29 is 0 Å². The summed E-state index contributed by atoms with van der Waals surface area (Å²) in [5.41, 5.74) is 1.72. The normalized spacial score (nSPS) is 24.5. The number of rotatable bonds is 2. The van der Waals surface area contributed by atoms with Gasteiger partial charge in [-0.3, -0.25) is 0 Å². The highest BCUT2D eigenvalue weighted by molar-refractivity contribution is 7.17. The molecule has 0 spiro atoms. The van der Waals surface area contributed by atoms with E-state index in [2.05, 4.69) is 43.5 Å². The molecule has 0 radical (unpaired) electrons. The lowest BCUT2D eigenvalue weighted by atomic mass is 9.66. The molecule has 102 valence electrons. The molecule has 1 aromatic carbocycles. The average Bonchev–Trinajstić information content (AvgIpc) is 2.81. The van der Waals surface area contributed by atoms with Crippen molar-refractivity contribution in [1.29, 1.82) is 0 Å². The minimum atomic E-state index is 0.159. The first kappa shape index (κ1) is 13.5. The van der Waals surface area contributed by atoms with Gasteiger partial charge in [0.25, 0.3) is 0 Å². The summed E-state index contributed by atoms with van der Waals surface area (Å²) < 4.78 is 1.36. The Kier molecular flexibility index (Phi) is 3.61. The van der Waals surface area contributed by atoms with Crippen molar-refractivity contribution in [2.24, 2.45) is 11.3 Å². The largest absolute Gasteiger partial charge is 0.143 e. The molecular formula is C17H21ClS. The second-order valence-corrected chi connectivity index (χ2v) is 7.81. The Bertz CT molecular complexity index is 569. The van der Waals surface area contributed by atoms with Gasteiger partial charge in [-0.05, 0) is 46.6 Å². The molecule has 3 rings (SSSR count). The molecule has 1 heterocycles. The van der Waals surface area contributed by atoms with Crippen molar-refractivity contribution in [3.8, 4) is 0 Å². The van der Waals surface area contributed by atoms with Crippen LogP contribution >= 0.6 is 22.9 Å². The van der Waals surface area contributed by atoms with Crippen LogP contribution in [0.2, 0.25) is 0 Å². The standard InChI is InChI=1S/C17H21ClS/c1-17(2)10-6-5-8-14(17)16(18)13-11-19-15-9-4-3-7-12(13)15/h3-4,7,9,11,14,16H,5-6,8,10H2,1-2H3. The molecule has 1 fully saturated rings. The van der Waals surface area contributed by atoms with Gasteiger partial charge in [-0.1, -0.05) is 44.9 Å². The van der Waals surface area contributed by atoms with Crippen LogP contribution in [0.3, 0.4) is 0 Å². The van der Waals surface area contributed by atoms with Crippen LogP contribution < -0.4 is 0 Å². The monoisotopic (exact) mass is 292 g/mol. The molecule has 0 bridgehead atoms. The Labute approximate surface area is 124 Å². The van der Waals surface area contributed by atoms with Crippen LogP contribution in [-0.4, -0.2) is 0 Å². The first-order valence-electron chi connectivity index (χ1n) is 7.20. The number of alkyl halides is 1. The van der Waals surface area contributed by atoms with Gasteiger partial charge in [-0.15, -0.1) is 22.9 Å². The maximum Gasteiger partial charge on any atom is 0.0632 e. The molecule has 0 nitrogen and oxygen atoms in total. The highest BCUT2D eigenvalue weighted by Crippen LogP contribution is 2.51. The molecule has 1 aliphatic rings. The predicted molar refractivity (Wildman–Crippen MR) is 86.2 cm³/mol. The van der Waals surface area contributed by atoms with E-state index < -0.39 is 0 Å². The van der Waals surface area contributed by atoms with Crippen molar-refractivity contribution in [2.45, 2.75) is 44.9 Å². The number of hydrogen-bond donors (Lipinski definition) is 0. The number of thiophene rings is 1. The number of hydrogen-bond acceptors (Lipinski definition) is 1. The zero-order chi connectivity index (χ0) is 13.5. The van der Waals surface area contributed by atoms with Gasteiger partial charge in [-0.2, -0.15) is 0 Å². The first-order valence-corrected chi connectivity index (χ1v) is 8.51. The zero-order valence-electron chi connectivity index (χ0n) is 11.7. The molecule has 1 saturated carbocycles. The fourth-order valence-corrected chi connectivity index (χ4v) is 5.21. The van der Waals surface area contributed by atoms with Gasteiger partial charge < -0.3 is 0 Å². The fourth-order valence-electron chi connectivity index (χ4n) is 3.49. The molecule has 2 aromatic rings. The van der Waals surface area contributed by atoms with Crippen LogP contribution in [0.15, 0.2) is 29.6 Å². The van der Waals surface area contributed by atoms with Crippen LogP contribution in [0.1, 0.15) is 50.5 Å². The molecule has 2 unspecified atom stereocenters. The van der Waals surface area contributed by atoms with E-state index in [0.717, 1.165) is 0 Å². The molecule has 19 heavy (non-hydrogen) atoms. The lowest BCUT2D eigenvalue weighted by Gasteiger charge is -2.41. The van der Waals surface area contributed by atoms with Gasteiger partial charge in [0.05, 0.1) is 5.38 Å². The number of fused-ring (bicyclic) bond motifs is 1. The van der Waals surface area contributed by atoms with Gasteiger partial charge in [0, 0.05) is 4.70 Å². The van der Waals surface area contributed by atoms with E-state index in [1.54, 1.807) is 0 Å². The molecule has 0 amide bonds. The Morgan fingerprint density at radius 1 is 1.26 bits per heavy atom. The Hall–Kier alpha value is -0.530. The summed E-state index contributed by atoms with van der Waals surface area (Å²) in [6.07, 6.45) is 5.27. The molecule has 0 aliphatic heterocycles. The van der Waals surface area contributed by atoms with Crippen molar-refractivity contribution >= 4 is 33.0 Å². The second-order valence-electron chi connectivity index (χ2n) is 6.43. The van der Waals surface area contributed by atoms with E-state index >= 15 is 0 Å². The van der Waals surface area contributed by atoms with Gasteiger partial charge >= 0.3 is 0 Å². The van der Waals surface area contributed by atoms with Gasteiger partial charge in [0.1, 0.15) is 0 Å². The molecule has 2 heteroatoms. The molecule has 1 aliphatic carbocycles. The summed E-state index contributed by atoms with van der Waals surface area (Å²) in [6.45, 7) is 4.78. The third kappa shape index (κ3) is 2.43.